The van der Waals surface area contributed by atoms with E-state index in [1.807, 2.05) is 36.4 Å². The predicted octanol–water partition coefficient (Wildman–Crippen LogP) is 2.47. The highest BCUT2D eigenvalue weighted by Gasteiger charge is 2.02. The van der Waals surface area contributed by atoms with E-state index >= 15 is 0 Å². The Bertz CT molecular complexity index is 523. The van der Waals surface area contributed by atoms with E-state index < -0.39 is 0 Å². The predicted molar refractivity (Wildman–Crippen MR) is 75.6 cm³/mol. The van der Waals surface area contributed by atoms with Crippen molar-refractivity contribution in [3.63, 3.8) is 0 Å². The maximum atomic E-state index is 5.71. The summed E-state index contributed by atoms with van der Waals surface area (Å²) in [5.41, 5.74) is 14.9. The Morgan fingerprint density at radius 2 is 1.67 bits per heavy atom. The fraction of sp³-hybridized carbons (Fsp3) is 0.143. The molecule has 2 aromatic rings. The molecule has 0 amide bonds. The molecule has 4 nitrogen and oxygen atoms in total. The molecule has 0 fully saturated rings. The van der Waals surface area contributed by atoms with Crippen LogP contribution in [0.3, 0.4) is 0 Å². The normalized spacial score (nSPS) is 10.1. The van der Waals surface area contributed by atoms with E-state index in [1.165, 1.54) is 0 Å². The number of nitrogens with one attached hydrogen (secondary N) is 1. The number of hydrogen-bond acceptors (Lipinski definition) is 4. The van der Waals surface area contributed by atoms with Gasteiger partial charge in [0.2, 0.25) is 0 Å². The van der Waals surface area contributed by atoms with Gasteiger partial charge in [-0.3, -0.25) is 0 Å². The molecule has 0 aliphatic rings. The van der Waals surface area contributed by atoms with E-state index in [0.717, 1.165) is 22.7 Å². The summed E-state index contributed by atoms with van der Waals surface area (Å²) < 4.78 is 5.27. The summed E-state index contributed by atoms with van der Waals surface area (Å²) in [5.74, 6) is 0.741. The number of methoxy groups -OCH3 is 1. The monoisotopic (exact) mass is 243 g/mol. The zero-order valence-electron chi connectivity index (χ0n) is 10.3. The molecule has 0 bridgehead atoms. The van der Waals surface area contributed by atoms with Crippen LogP contribution in [0.4, 0.5) is 17.1 Å². The average Bonchev–Trinajstić information content (AvgIpc) is 2.39. The van der Waals surface area contributed by atoms with Crippen LogP contribution in [0, 0.1) is 0 Å². The van der Waals surface area contributed by atoms with Crippen LogP contribution >= 0.6 is 0 Å². The number of anilines is 3. The SMILES string of the molecule is COc1cc(N)ccc1NCc1ccc(N)cc1. The molecule has 0 radical (unpaired) electrons. The lowest BCUT2D eigenvalue weighted by Gasteiger charge is -2.12. The second-order valence-electron chi connectivity index (χ2n) is 4.05. The highest BCUT2D eigenvalue weighted by atomic mass is 16.5. The van der Waals surface area contributed by atoms with Crippen molar-refractivity contribution < 1.29 is 4.74 Å². The largest absolute Gasteiger partial charge is 0.495 e. The number of nitrogen functional groups attached to an aromatic ring is 2. The van der Waals surface area contributed by atoms with Crippen LogP contribution < -0.4 is 21.5 Å². The Kier molecular flexibility index (Phi) is 3.57. The highest BCUT2D eigenvalue weighted by molar-refractivity contribution is 5.62. The molecule has 0 aliphatic carbocycles. The van der Waals surface area contributed by atoms with Gasteiger partial charge < -0.3 is 21.5 Å². The van der Waals surface area contributed by atoms with Crippen molar-refractivity contribution in [1.29, 1.82) is 0 Å². The van der Waals surface area contributed by atoms with Crippen molar-refractivity contribution in [3.05, 3.63) is 48.0 Å². The first-order valence-electron chi connectivity index (χ1n) is 5.71. The summed E-state index contributed by atoms with van der Waals surface area (Å²) in [6.45, 7) is 0.709. The van der Waals surface area contributed by atoms with Gasteiger partial charge in [-0.15, -0.1) is 0 Å². The van der Waals surface area contributed by atoms with Gasteiger partial charge in [-0.1, -0.05) is 12.1 Å². The van der Waals surface area contributed by atoms with Gasteiger partial charge >= 0.3 is 0 Å². The first-order valence-corrected chi connectivity index (χ1v) is 5.71. The van der Waals surface area contributed by atoms with Gasteiger partial charge in [-0.2, -0.15) is 0 Å². The van der Waals surface area contributed by atoms with Crippen molar-refractivity contribution in [2.45, 2.75) is 6.54 Å². The molecule has 0 spiro atoms. The maximum absolute atomic E-state index is 5.71. The minimum absolute atomic E-state index is 0.685. The smallest absolute Gasteiger partial charge is 0.144 e. The Balaban J connectivity index is 2.08. The number of nitrogens with two attached hydrogens (primary N) is 2. The minimum Gasteiger partial charge on any atom is -0.495 e. The van der Waals surface area contributed by atoms with Gasteiger partial charge in [0.25, 0.3) is 0 Å². The van der Waals surface area contributed by atoms with Gasteiger partial charge in [-0.25, -0.2) is 0 Å². The molecule has 4 heteroatoms. The zero-order chi connectivity index (χ0) is 13.0. The van der Waals surface area contributed by atoms with Crippen LogP contribution in [-0.4, -0.2) is 7.11 Å². The first-order chi connectivity index (χ1) is 8.69. The van der Waals surface area contributed by atoms with Crippen molar-refractivity contribution in [1.82, 2.24) is 0 Å². The van der Waals surface area contributed by atoms with Crippen molar-refractivity contribution in [3.8, 4) is 5.75 Å². The van der Waals surface area contributed by atoms with Crippen LogP contribution in [0.15, 0.2) is 42.5 Å². The standard InChI is InChI=1S/C14H17N3O/c1-18-14-8-12(16)6-7-13(14)17-9-10-2-4-11(15)5-3-10/h2-8,17H,9,15-16H2,1H3. The van der Waals surface area contributed by atoms with E-state index in [0.29, 0.717) is 12.2 Å². The highest BCUT2D eigenvalue weighted by Crippen LogP contribution is 2.27. The molecular weight excluding hydrogens is 226 g/mol. The molecule has 18 heavy (non-hydrogen) atoms. The summed E-state index contributed by atoms with van der Waals surface area (Å²) in [7, 11) is 1.63. The molecule has 0 saturated heterocycles. The maximum Gasteiger partial charge on any atom is 0.144 e. The van der Waals surface area contributed by atoms with E-state index in [4.69, 9.17) is 16.2 Å². The summed E-state index contributed by atoms with van der Waals surface area (Å²) >= 11 is 0. The summed E-state index contributed by atoms with van der Waals surface area (Å²) in [6, 6.07) is 13.3. The third-order valence-corrected chi connectivity index (χ3v) is 2.69. The fourth-order valence-corrected chi connectivity index (χ4v) is 1.69. The fourth-order valence-electron chi connectivity index (χ4n) is 1.69. The number of rotatable bonds is 4. The van der Waals surface area contributed by atoms with Gasteiger partial charge in [0.05, 0.1) is 12.8 Å². The van der Waals surface area contributed by atoms with Crippen molar-refractivity contribution in [2.75, 3.05) is 23.9 Å². The van der Waals surface area contributed by atoms with Gasteiger partial charge in [0, 0.05) is 24.0 Å². The van der Waals surface area contributed by atoms with Gasteiger partial charge in [0.15, 0.2) is 0 Å². The Hall–Kier alpha value is -2.36. The molecule has 0 aromatic heterocycles. The molecule has 0 unspecified atom stereocenters. The van der Waals surface area contributed by atoms with Crippen LogP contribution in [0.2, 0.25) is 0 Å². The Morgan fingerprint density at radius 1 is 1.00 bits per heavy atom. The molecule has 0 heterocycles. The van der Waals surface area contributed by atoms with Crippen LogP contribution in [0.1, 0.15) is 5.56 Å². The minimum atomic E-state index is 0.685. The van der Waals surface area contributed by atoms with Crippen LogP contribution in [0.25, 0.3) is 0 Å². The molecule has 5 N–H and O–H groups in total. The zero-order valence-corrected chi connectivity index (χ0v) is 10.3. The Labute approximate surface area is 107 Å². The average molecular weight is 243 g/mol. The molecule has 0 saturated carbocycles. The molecule has 2 rings (SSSR count). The molecule has 94 valence electrons. The molecule has 0 atom stereocenters. The van der Waals surface area contributed by atoms with Crippen molar-refractivity contribution in [2.24, 2.45) is 0 Å². The van der Waals surface area contributed by atoms with Gasteiger partial charge in [-0.05, 0) is 29.8 Å². The topological polar surface area (TPSA) is 73.3 Å². The number of benzene rings is 2. The molecule has 0 aliphatic heterocycles. The Morgan fingerprint density at radius 3 is 2.33 bits per heavy atom. The lowest BCUT2D eigenvalue weighted by molar-refractivity contribution is 0.416. The molecular formula is C14H17N3O. The van der Waals surface area contributed by atoms with Crippen molar-refractivity contribution >= 4 is 17.1 Å². The van der Waals surface area contributed by atoms with Crippen LogP contribution in [0.5, 0.6) is 5.75 Å². The van der Waals surface area contributed by atoms with Gasteiger partial charge in [0.1, 0.15) is 5.75 Å². The quantitative estimate of drug-likeness (QED) is 0.721. The number of hydrogen-bond donors (Lipinski definition) is 3. The second-order valence-corrected chi connectivity index (χ2v) is 4.05. The van der Waals surface area contributed by atoms with E-state index in [2.05, 4.69) is 5.32 Å². The lowest BCUT2D eigenvalue weighted by Crippen LogP contribution is -2.02. The van der Waals surface area contributed by atoms with Crippen LogP contribution in [-0.2, 0) is 6.54 Å². The molecule has 2 aromatic carbocycles. The lowest BCUT2D eigenvalue weighted by atomic mass is 10.2. The summed E-state index contributed by atoms with van der Waals surface area (Å²) in [5, 5.41) is 3.31. The second kappa shape index (κ2) is 5.31. The third-order valence-electron chi connectivity index (χ3n) is 2.69. The summed E-state index contributed by atoms with van der Waals surface area (Å²) in [6.07, 6.45) is 0. The van der Waals surface area contributed by atoms with E-state index in [1.54, 1.807) is 13.2 Å². The number of ether oxygens (including phenoxy) is 1. The third kappa shape index (κ3) is 2.85. The summed E-state index contributed by atoms with van der Waals surface area (Å²) in [4.78, 5) is 0. The van der Waals surface area contributed by atoms with E-state index in [9.17, 15) is 0 Å². The van der Waals surface area contributed by atoms with E-state index in [-0.39, 0.29) is 0 Å². The first kappa shape index (κ1) is 12.1.